The van der Waals surface area contributed by atoms with Gasteiger partial charge in [0.15, 0.2) is 6.29 Å². The second-order valence-electron chi connectivity index (χ2n) is 11.9. The van der Waals surface area contributed by atoms with Crippen molar-refractivity contribution in [2.45, 2.75) is 57.3 Å². The number of nitrogens with zero attached hydrogens (tertiary/aromatic N) is 2. The number of hydrogen-bond donors (Lipinski definition) is 4. The van der Waals surface area contributed by atoms with Crippen LogP contribution in [0.2, 0.25) is 0 Å². The number of amides is 2. The molecular weight excluding hydrogens is 602 g/mol. The van der Waals surface area contributed by atoms with Crippen molar-refractivity contribution in [1.29, 1.82) is 0 Å². The van der Waals surface area contributed by atoms with Crippen LogP contribution in [0.25, 0.3) is 11.0 Å². The van der Waals surface area contributed by atoms with Gasteiger partial charge in [0.05, 0.1) is 36.5 Å². The van der Waals surface area contributed by atoms with Gasteiger partial charge in [-0.1, -0.05) is 48.5 Å². The molecule has 6 rings (SSSR count). The summed E-state index contributed by atoms with van der Waals surface area (Å²) in [5, 5.41) is 14.8. The Kier molecular flexibility index (Phi) is 10.3. The van der Waals surface area contributed by atoms with E-state index in [2.05, 4.69) is 20.5 Å². The van der Waals surface area contributed by atoms with Crippen LogP contribution in [0.4, 0.5) is 10.5 Å². The number of benzene rings is 3. The Labute approximate surface area is 272 Å². The Morgan fingerprint density at radius 2 is 1.79 bits per heavy atom. The number of nitrogens with one attached hydrogen (secondary N) is 3. The standard InChI is InChI=1S/C35H41N5O7/c1-2-45-32(42)20-36-34(43)37-26-7-5-6-25(18-26)33-46-28(19-31(47-33)24-12-10-23(22-41)11-13-24)21-39-16-14-27(15-17-39)40-30-9-4-3-8-29(30)38-35(40)44/h3-13,18,27-28,31,33,41H,2,14-17,19-22H2,1H3,(H,38,44)(H2,36,37,43)/t28-,31+,33+/m1/s1. The van der Waals surface area contributed by atoms with Gasteiger partial charge in [-0.05, 0) is 55.2 Å². The zero-order valence-electron chi connectivity index (χ0n) is 26.4. The lowest BCUT2D eigenvalue weighted by molar-refractivity contribution is -0.253. The summed E-state index contributed by atoms with van der Waals surface area (Å²) in [6.45, 7) is 4.04. The number of rotatable bonds is 10. The second-order valence-corrected chi connectivity index (χ2v) is 11.9. The SMILES string of the molecule is CCOC(=O)CNC(=O)Nc1cccc([C@H]2O[C@@H](CN3CCC(n4c(=O)[nH]c5ccccc54)CC3)C[C@@H](c3ccc(CO)cc3)O2)c1. The van der Waals surface area contributed by atoms with Gasteiger partial charge in [-0.3, -0.25) is 9.36 Å². The van der Waals surface area contributed by atoms with E-state index in [1.54, 1.807) is 19.1 Å². The molecule has 12 heteroatoms. The molecule has 2 amide bonds. The minimum Gasteiger partial charge on any atom is -0.465 e. The number of imidazole rings is 1. The summed E-state index contributed by atoms with van der Waals surface area (Å²) in [6, 6.07) is 22.4. The van der Waals surface area contributed by atoms with E-state index in [9.17, 15) is 19.5 Å². The first-order chi connectivity index (χ1) is 22.9. The van der Waals surface area contributed by atoms with Crippen molar-refractivity contribution in [1.82, 2.24) is 19.8 Å². The number of likely N-dealkylation sites (tertiary alicyclic amines) is 1. The van der Waals surface area contributed by atoms with E-state index < -0.39 is 18.3 Å². The topological polar surface area (TPSA) is 147 Å². The molecular formula is C35H41N5O7. The average molecular weight is 644 g/mol. The van der Waals surface area contributed by atoms with Gasteiger partial charge in [0.2, 0.25) is 0 Å². The van der Waals surface area contributed by atoms with Crippen molar-refractivity contribution in [2.75, 3.05) is 38.1 Å². The number of fused-ring (bicyclic) bond motifs is 1. The number of H-pyrrole nitrogens is 1. The van der Waals surface area contributed by atoms with Gasteiger partial charge in [-0.15, -0.1) is 0 Å². The van der Waals surface area contributed by atoms with Crippen molar-refractivity contribution in [3.05, 3.63) is 100.0 Å². The predicted octanol–water partition coefficient (Wildman–Crippen LogP) is 4.39. The maximum atomic E-state index is 12.8. The second kappa shape index (κ2) is 14.9. The molecule has 2 saturated heterocycles. The molecule has 1 aromatic heterocycles. The molecule has 47 heavy (non-hydrogen) atoms. The van der Waals surface area contributed by atoms with Gasteiger partial charge < -0.3 is 39.8 Å². The van der Waals surface area contributed by atoms with Crippen molar-refractivity contribution in [3.8, 4) is 0 Å². The lowest BCUT2D eigenvalue weighted by Crippen LogP contribution is -2.43. The number of carbonyl (C=O) groups excluding carboxylic acids is 2. The number of aromatic amines is 1. The van der Waals surface area contributed by atoms with Gasteiger partial charge in [-0.2, -0.15) is 0 Å². The van der Waals surface area contributed by atoms with Gasteiger partial charge in [0, 0.05) is 43.3 Å². The summed E-state index contributed by atoms with van der Waals surface area (Å²) in [5.41, 5.74) is 4.81. The number of hydrogen-bond acceptors (Lipinski definition) is 8. The van der Waals surface area contributed by atoms with Crippen LogP contribution in [0.5, 0.6) is 0 Å². The van der Waals surface area contributed by atoms with E-state index in [1.807, 2.05) is 65.2 Å². The molecule has 3 atom stereocenters. The van der Waals surface area contributed by atoms with E-state index in [1.165, 1.54) is 0 Å². The Balaban J connectivity index is 1.14. The van der Waals surface area contributed by atoms with Crippen LogP contribution < -0.4 is 16.3 Å². The molecule has 248 valence electrons. The third-order valence-electron chi connectivity index (χ3n) is 8.74. The third-order valence-corrected chi connectivity index (χ3v) is 8.74. The summed E-state index contributed by atoms with van der Waals surface area (Å²) < 4.78 is 19.8. The molecule has 0 unspecified atom stereocenters. The Hall–Kier alpha value is -4.49. The van der Waals surface area contributed by atoms with Crippen LogP contribution in [0, 0.1) is 0 Å². The number of aliphatic hydroxyl groups is 1. The first-order valence-corrected chi connectivity index (χ1v) is 16.1. The lowest BCUT2D eigenvalue weighted by Gasteiger charge is -2.40. The molecule has 4 aromatic rings. The van der Waals surface area contributed by atoms with Crippen LogP contribution in [-0.2, 0) is 25.6 Å². The molecule has 3 heterocycles. The highest BCUT2D eigenvalue weighted by Crippen LogP contribution is 2.39. The van der Waals surface area contributed by atoms with E-state index in [0.29, 0.717) is 18.7 Å². The molecule has 2 aliphatic rings. The molecule has 2 aliphatic heterocycles. The van der Waals surface area contributed by atoms with Crippen LogP contribution in [0.1, 0.15) is 61.3 Å². The van der Waals surface area contributed by atoms with E-state index in [4.69, 9.17) is 14.2 Å². The Morgan fingerprint density at radius 1 is 1.00 bits per heavy atom. The summed E-state index contributed by atoms with van der Waals surface area (Å²) >= 11 is 0. The number of anilines is 1. The summed E-state index contributed by atoms with van der Waals surface area (Å²) in [5.74, 6) is -0.513. The van der Waals surface area contributed by atoms with Crippen LogP contribution in [0.3, 0.4) is 0 Å². The lowest BCUT2D eigenvalue weighted by atomic mass is 9.98. The molecule has 2 fully saturated rings. The smallest absolute Gasteiger partial charge is 0.326 e. The number of esters is 1. The van der Waals surface area contributed by atoms with Crippen molar-refractivity contribution in [3.63, 3.8) is 0 Å². The first kappa shape index (κ1) is 32.5. The zero-order valence-corrected chi connectivity index (χ0v) is 26.4. The van der Waals surface area contributed by atoms with E-state index in [0.717, 1.165) is 53.7 Å². The Bertz CT molecular complexity index is 1730. The van der Waals surface area contributed by atoms with Crippen LogP contribution >= 0.6 is 0 Å². The summed E-state index contributed by atoms with van der Waals surface area (Å²) in [7, 11) is 0. The van der Waals surface area contributed by atoms with Gasteiger partial charge in [0.25, 0.3) is 0 Å². The molecule has 0 saturated carbocycles. The molecule has 0 bridgehead atoms. The number of piperidine rings is 1. The Morgan fingerprint density at radius 3 is 2.55 bits per heavy atom. The maximum Gasteiger partial charge on any atom is 0.326 e. The molecule has 4 N–H and O–H groups in total. The zero-order chi connectivity index (χ0) is 32.8. The quantitative estimate of drug-likeness (QED) is 0.186. The molecule has 0 aliphatic carbocycles. The number of para-hydroxylation sites is 2. The van der Waals surface area contributed by atoms with Gasteiger partial charge in [-0.25, -0.2) is 9.59 Å². The summed E-state index contributed by atoms with van der Waals surface area (Å²) in [4.78, 5) is 42.2. The van der Waals surface area contributed by atoms with Crippen molar-refractivity contribution >= 4 is 28.7 Å². The fourth-order valence-electron chi connectivity index (χ4n) is 6.42. The maximum absolute atomic E-state index is 12.8. The van der Waals surface area contributed by atoms with Crippen LogP contribution in [-0.4, -0.2) is 70.4 Å². The highest BCUT2D eigenvalue weighted by Gasteiger charge is 2.34. The third kappa shape index (κ3) is 7.91. The number of carbonyl (C=O) groups is 2. The number of ether oxygens (including phenoxy) is 3. The predicted molar refractivity (Wildman–Crippen MR) is 176 cm³/mol. The monoisotopic (exact) mass is 643 g/mol. The molecule has 12 nitrogen and oxygen atoms in total. The van der Waals surface area contributed by atoms with Gasteiger partial charge in [0.1, 0.15) is 6.54 Å². The number of urea groups is 1. The van der Waals surface area contributed by atoms with Crippen molar-refractivity contribution < 1.29 is 28.9 Å². The molecule has 0 radical (unpaired) electrons. The van der Waals surface area contributed by atoms with Crippen LogP contribution in [0.15, 0.2) is 77.6 Å². The van der Waals surface area contributed by atoms with Gasteiger partial charge >= 0.3 is 17.7 Å². The largest absolute Gasteiger partial charge is 0.465 e. The highest BCUT2D eigenvalue weighted by atomic mass is 16.7. The minimum absolute atomic E-state index is 0.0338. The molecule has 3 aromatic carbocycles. The van der Waals surface area contributed by atoms with E-state index in [-0.39, 0.29) is 43.7 Å². The fraction of sp³-hybridized carbons (Fsp3) is 0.400. The minimum atomic E-state index is -0.692. The first-order valence-electron chi connectivity index (χ1n) is 16.1. The summed E-state index contributed by atoms with van der Waals surface area (Å²) in [6.07, 6.45) is 1.26. The average Bonchev–Trinajstić information content (AvgIpc) is 3.43. The molecule has 0 spiro atoms. The van der Waals surface area contributed by atoms with E-state index >= 15 is 0 Å². The van der Waals surface area contributed by atoms with Crippen molar-refractivity contribution in [2.24, 2.45) is 0 Å². The number of aliphatic hydroxyl groups excluding tert-OH is 1. The fourth-order valence-corrected chi connectivity index (χ4v) is 6.42. The number of aromatic nitrogens is 2. The normalized spacial score (nSPS) is 20.6. The highest BCUT2D eigenvalue weighted by molar-refractivity contribution is 5.91.